The number of alkyl halides is 2. The normalized spacial score (nSPS) is 14.9. The van der Waals surface area contributed by atoms with Gasteiger partial charge in [-0.3, -0.25) is 14.2 Å². The average molecular weight is 685 g/mol. The van der Waals surface area contributed by atoms with Crippen molar-refractivity contribution in [2.75, 3.05) is 25.5 Å². The summed E-state index contributed by atoms with van der Waals surface area (Å²) in [5, 5.41) is 12.7. The van der Waals surface area contributed by atoms with Crippen LogP contribution < -0.4 is 29.5 Å². The smallest absolute Gasteiger partial charge is 0.387 e. The Labute approximate surface area is 271 Å². The number of para-hydroxylation sites is 1. The fourth-order valence-corrected chi connectivity index (χ4v) is 7.66. The first-order chi connectivity index (χ1) is 22.5. The first kappa shape index (κ1) is 33.5. The number of hydrogen-bond acceptors (Lipinski definition) is 8. The monoisotopic (exact) mass is 684 g/mol. The summed E-state index contributed by atoms with van der Waals surface area (Å²) in [6, 6.07) is 16.6. The van der Waals surface area contributed by atoms with Crippen molar-refractivity contribution in [2.24, 2.45) is 0 Å². The minimum absolute atomic E-state index is 0.0250. The predicted octanol–water partition coefficient (Wildman–Crippen LogP) is 3.96. The molecule has 1 aliphatic heterocycles. The van der Waals surface area contributed by atoms with Crippen LogP contribution in [0.1, 0.15) is 24.8 Å². The van der Waals surface area contributed by atoms with E-state index in [0.717, 1.165) is 41.2 Å². The summed E-state index contributed by atoms with van der Waals surface area (Å²) in [7, 11) is -2.58. The number of sulfonamides is 1. The number of carbonyl (C=O) groups is 1. The maximum absolute atomic E-state index is 15.0. The summed E-state index contributed by atoms with van der Waals surface area (Å²) in [5.41, 5.74) is -1.13. The fourth-order valence-electron chi connectivity index (χ4n) is 5.00. The Hall–Kier alpha value is -4.91. The van der Waals surface area contributed by atoms with E-state index in [1.54, 1.807) is 6.07 Å². The predicted molar refractivity (Wildman–Crippen MR) is 169 cm³/mol. The Bertz CT molecular complexity index is 2150. The summed E-state index contributed by atoms with van der Waals surface area (Å²) in [4.78, 5) is 27.2. The number of methoxy groups -OCH3 is 1. The van der Waals surface area contributed by atoms with Gasteiger partial charge in [-0.2, -0.15) is 18.3 Å². The van der Waals surface area contributed by atoms with Crippen LogP contribution in [0.5, 0.6) is 11.5 Å². The van der Waals surface area contributed by atoms with Crippen molar-refractivity contribution in [3.05, 3.63) is 97.7 Å². The van der Waals surface area contributed by atoms with Gasteiger partial charge in [0.2, 0.25) is 10.0 Å². The molecule has 10 nitrogen and oxygen atoms in total. The van der Waals surface area contributed by atoms with E-state index in [4.69, 9.17) is 4.74 Å². The van der Waals surface area contributed by atoms with Gasteiger partial charge < -0.3 is 14.8 Å². The molecule has 1 aromatic heterocycles. The molecule has 4 aromatic rings. The standard InChI is InChI=1S/C32H27F3N4O6S2/c1-44-27-16-20(12-13-26(27)45-32(34)35)17-28-30(41)39(25-11-4-3-10-24(25)33)31(46-28)23(19-36)29(40)37-21-8-7-9-22(18-21)47(42,43)38-14-5-2-6-15-38/h3-4,7-13,16-18,32H,2,5-6,14-15H2,1H3,(H,37,40)/b28-17-,31-23-. The van der Waals surface area contributed by atoms with E-state index in [-0.39, 0.29) is 37.0 Å². The molecule has 0 aliphatic carbocycles. The number of nitrogens with one attached hydrogen (secondary N) is 1. The number of nitrogens with zero attached hydrogens (tertiary/aromatic N) is 3. The van der Waals surface area contributed by atoms with Gasteiger partial charge in [0, 0.05) is 18.8 Å². The van der Waals surface area contributed by atoms with Gasteiger partial charge in [-0.05, 0) is 66.9 Å². The maximum atomic E-state index is 15.0. The third-order valence-corrected chi connectivity index (χ3v) is 10.2. The van der Waals surface area contributed by atoms with E-state index in [1.165, 1.54) is 78.2 Å². The third-order valence-electron chi connectivity index (χ3n) is 7.22. The van der Waals surface area contributed by atoms with Crippen molar-refractivity contribution in [1.82, 2.24) is 8.87 Å². The second kappa shape index (κ2) is 14.2. The molecule has 47 heavy (non-hydrogen) atoms. The van der Waals surface area contributed by atoms with Gasteiger partial charge in [-0.15, -0.1) is 11.3 Å². The highest BCUT2D eigenvalue weighted by atomic mass is 32.2. The zero-order chi connectivity index (χ0) is 33.7. The first-order valence-corrected chi connectivity index (χ1v) is 16.5. The van der Waals surface area contributed by atoms with Crippen molar-refractivity contribution >= 4 is 44.6 Å². The number of amides is 1. The number of hydrogen-bond donors (Lipinski definition) is 1. The lowest BCUT2D eigenvalue weighted by molar-refractivity contribution is -0.111. The number of halogens is 3. The molecule has 1 fully saturated rings. The highest BCUT2D eigenvalue weighted by Gasteiger charge is 2.26. The second-order valence-electron chi connectivity index (χ2n) is 10.2. The minimum Gasteiger partial charge on any atom is -0.493 e. The molecule has 244 valence electrons. The van der Waals surface area contributed by atoms with E-state index >= 15 is 4.39 Å². The van der Waals surface area contributed by atoms with Crippen LogP contribution in [0.15, 0.2) is 76.4 Å². The second-order valence-corrected chi connectivity index (χ2v) is 13.2. The minimum atomic E-state index is -3.82. The van der Waals surface area contributed by atoms with Crippen molar-refractivity contribution in [2.45, 2.75) is 30.8 Å². The van der Waals surface area contributed by atoms with Gasteiger partial charge in [-0.25, -0.2) is 12.8 Å². The molecular weight excluding hydrogens is 658 g/mol. The van der Waals surface area contributed by atoms with Crippen LogP contribution in [-0.4, -0.2) is 50.0 Å². The lowest BCUT2D eigenvalue weighted by Gasteiger charge is -2.26. The van der Waals surface area contributed by atoms with Crippen LogP contribution in [0.3, 0.4) is 0 Å². The highest BCUT2D eigenvalue weighted by Crippen LogP contribution is 2.29. The molecule has 1 saturated heterocycles. The SMILES string of the molecule is COc1cc(/C=c2\s/c(=C(/C#N)C(=O)Nc3cccc(S(=O)(=O)N4CCCCC4)c3)n(-c3ccccc3F)c2=O)ccc1OC(F)F. The number of thiazole rings is 1. The largest absolute Gasteiger partial charge is 0.493 e. The molecule has 0 unspecified atom stereocenters. The Morgan fingerprint density at radius 3 is 2.47 bits per heavy atom. The molecule has 1 amide bonds. The topological polar surface area (TPSA) is 131 Å². The van der Waals surface area contributed by atoms with Crippen molar-refractivity contribution < 1.29 is 35.9 Å². The van der Waals surface area contributed by atoms with Gasteiger partial charge >= 0.3 is 6.61 Å². The van der Waals surface area contributed by atoms with Gasteiger partial charge in [-0.1, -0.05) is 30.7 Å². The van der Waals surface area contributed by atoms with Crippen molar-refractivity contribution in [1.29, 1.82) is 5.26 Å². The van der Waals surface area contributed by atoms with E-state index in [0.29, 0.717) is 18.7 Å². The number of benzene rings is 3. The maximum Gasteiger partial charge on any atom is 0.387 e. The molecule has 0 radical (unpaired) electrons. The zero-order valence-electron chi connectivity index (χ0n) is 24.8. The molecule has 2 heterocycles. The Kier molecular flexibility index (Phi) is 10.1. The third kappa shape index (κ3) is 7.25. The Morgan fingerprint density at radius 1 is 1.04 bits per heavy atom. The van der Waals surface area contributed by atoms with Crippen LogP contribution >= 0.6 is 11.3 Å². The molecule has 3 aromatic carbocycles. The van der Waals surface area contributed by atoms with Crippen LogP contribution in [-0.2, 0) is 14.8 Å². The number of carbonyl (C=O) groups excluding carboxylic acids is 1. The van der Waals surface area contributed by atoms with Crippen molar-refractivity contribution in [3.8, 4) is 23.3 Å². The molecule has 0 saturated carbocycles. The highest BCUT2D eigenvalue weighted by molar-refractivity contribution is 7.89. The van der Waals surface area contributed by atoms with Crippen LogP contribution in [0, 0.1) is 17.1 Å². The summed E-state index contributed by atoms with van der Waals surface area (Å²) < 4.78 is 78.6. The molecular formula is C32H27F3N4O6S2. The number of ether oxygens (including phenoxy) is 2. The van der Waals surface area contributed by atoms with Gasteiger partial charge in [0.1, 0.15) is 16.5 Å². The molecule has 0 bridgehead atoms. The number of rotatable bonds is 9. The molecule has 5 rings (SSSR count). The number of aromatic nitrogens is 1. The van der Waals surface area contributed by atoms with Crippen LogP contribution in [0.4, 0.5) is 18.9 Å². The quantitative estimate of drug-likeness (QED) is 0.283. The zero-order valence-corrected chi connectivity index (χ0v) is 26.4. The summed E-state index contributed by atoms with van der Waals surface area (Å²) in [6.07, 6.45) is 3.79. The van der Waals surface area contributed by atoms with E-state index in [1.807, 2.05) is 0 Å². The van der Waals surface area contributed by atoms with Gasteiger partial charge in [0.15, 0.2) is 17.1 Å². The van der Waals surface area contributed by atoms with Gasteiger partial charge in [0.05, 0.1) is 22.2 Å². The summed E-state index contributed by atoms with van der Waals surface area (Å²) in [5.74, 6) is -2.05. The fraction of sp³-hybridized carbons (Fsp3) is 0.219. The van der Waals surface area contributed by atoms with E-state index in [2.05, 4.69) is 10.1 Å². The van der Waals surface area contributed by atoms with Crippen LogP contribution in [0.2, 0.25) is 0 Å². The van der Waals surface area contributed by atoms with E-state index < -0.39 is 39.5 Å². The van der Waals surface area contributed by atoms with Crippen LogP contribution in [0.25, 0.3) is 17.3 Å². The number of nitriles is 1. The molecule has 0 atom stereocenters. The molecule has 1 aliphatic rings. The number of piperidine rings is 1. The Morgan fingerprint density at radius 2 is 1.79 bits per heavy atom. The molecule has 0 spiro atoms. The summed E-state index contributed by atoms with van der Waals surface area (Å²) >= 11 is 0.724. The molecule has 1 N–H and O–H groups in total. The lowest BCUT2D eigenvalue weighted by Crippen LogP contribution is -2.35. The molecule has 15 heteroatoms. The van der Waals surface area contributed by atoms with Gasteiger partial charge in [0.25, 0.3) is 11.5 Å². The van der Waals surface area contributed by atoms with E-state index in [9.17, 15) is 32.0 Å². The summed E-state index contributed by atoms with van der Waals surface area (Å²) in [6.45, 7) is -2.33. The van der Waals surface area contributed by atoms with Crippen molar-refractivity contribution in [3.63, 3.8) is 0 Å². The average Bonchev–Trinajstić information content (AvgIpc) is 3.37. The first-order valence-electron chi connectivity index (χ1n) is 14.2. The number of anilines is 1. The lowest BCUT2D eigenvalue weighted by atomic mass is 10.2. The Balaban J connectivity index is 1.61.